The number of H-pyrrole nitrogens is 1. The molecule has 1 heterocycles. The summed E-state index contributed by atoms with van der Waals surface area (Å²) in [5.74, 6) is 2.56. The lowest BCUT2D eigenvalue weighted by Crippen LogP contribution is -2.02. The third kappa shape index (κ3) is 3.08. The Balaban J connectivity index is 2.63. The molecule has 112 valence electrons. The third-order valence-corrected chi connectivity index (χ3v) is 3.79. The number of rotatable bonds is 4. The fourth-order valence-corrected chi connectivity index (χ4v) is 2.30. The molecule has 2 aromatic rings. The largest absolute Gasteiger partial charge is 0.493 e. The standard InChI is InChI=1S/C16H20N2O2S/c1-9(2)15-17-14(10(3)16(21)18-15)11-6-7-12(19-4)13(8-11)20-5/h6-9H,1-5H3,(H,17,18,21). The van der Waals surface area contributed by atoms with Crippen LogP contribution in [0.3, 0.4) is 0 Å². The lowest BCUT2D eigenvalue weighted by atomic mass is 10.1. The van der Waals surface area contributed by atoms with Crippen LogP contribution in [0.5, 0.6) is 11.5 Å². The first kappa shape index (κ1) is 15.5. The van der Waals surface area contributed by atoms with Gasteiger partial charge in [0.1, 0.15) is 10.5 Å². The Morgan fingerprint density at radius 1 is 1.14 bits per heavy atom. The normalized spacial score (nSPS) is 10.8. The van der Waals surface area contributed by atoms with Gasteiger partial charge >= 0.3 is 0 Å². The van der Waals surface area contributed by atoms with Gasteiger partial charge in [-0.25, -0.2) is 4.98 Å². The average Bonchev–Trinajstić information content (AvgIpc) is 2.48. The molecule has 1 aromatic heterocycles. The number of hydrogen-bond donors (Lipinski definition) is 1. The molecule has 0 aliphatic rings. The van der Waals surface area contributed by atoms with E-state index < -0.39 is 0 Å². The van der Waals surface area contributed by atoms with Crippen molar-refractivity contribution in [3.05, 3.63) is 34.2 Å². The number of benzene rings is 1. The van der Waals surface area contributed by atoms with Gasteiger partial charge in [0.2, 0.25) is 0 Å². The molecule has 4 nitrogen and oxygen atoms in total. The minimum absolute atomic E-state index is 0.284. The highest BCUT2D eigenvalue weighted by atomic mass is 32.1. The fraction of sp³-hybridized carbons (Fsp3) is 0.375. The summed E-state index contributed by atoms with van der Waals surface area (Å²) in [6, 6.07) is 5.82. The quantitative estimate of drug-likeness (QED) is 0.858. The Morgan fingerprint density at radius 2 is 1.81 bits per heavy atom. The topological polar surface area (TPSA) is 47.1 Å². The van der Waals surface area contributed by atoms with Crippen molar-refractivity contribution in [3.63, 3.8) is 0 Å². The number of aromatic amines is 1. The van der Waals surface area contributed by atoms with E-state index in [4.69, 9.17) is 21.7 Å². The molecule has 0 atom stereocenters. The molecule has 0 bridgehead atoms. The van der Waals surface area contributed by atoms with Gasteiger partial charge in [-0.2, -0.15) is 0 Å². The van der Waals surface area contributed by atoms with Gasteiger partial charge in [-0.15, -0.1) is 0 Å². The summed E-state index contributed by atoms with van der Waals surface area (Å²) in [6.45, 7) is 6.14. The predicted molar refractivity (Wildman–Crippen MR) is 86.8 cm³/mol. The summed E-state index contributed by atoms with van der Waals surface area (Å²) in [4.78, 5) is 7.82. The molecule has 0 amide bonds. The average molecular weight is 304 g/mol. The summed E-state index contributed by atoms with van der Waals surface area (Å²) in [5, 5.41) is 0. The van der Waals surface area contributed by atoms with Gasteiger partial charge in [0.25, 0.3) is 0 Å². The molecule has 0 spiro atoms. The molecule has 0 saturated heterocycles. The van der Waals surface area contributed by atoms with Gasteiger partial charge < -0.3 is 14.5 Å². The van der Waals surface area contributed by atoms with Gasteiger partial charge in [-0.05, 0) is 25.1 Å². The molecule has 0 radical (unpaired) electrons. The van der Waals surface area contributed by atoms with Crippen molar-refractivity contribution < 1.29 is 9.47 Å². The van der Waals surface area contributed by atoms with E-state index in [2.05, 4.69) is 23.8 Å². The summed E-state index contributed by atoms with van der Waals surface area (Å²) in [6.07, 6.45) is 0. The zero-order valence-corrected chi connectivity index (χ0v) is 13.8. The highest BCUT2D eigenvalue weighted by Crippen LogP contribution is 2.33. The van der Waals surface area contributed by atoms with Crippen LogP contribution >= 0.6 is 12.2 Å². The molecule has 0 fully saturated rings. The molecule has 21 heavy (non-hydrogen) atoms. The van der Waals surface area contributed by atoms with Crippen molar-refractivity contribution in [2.45, 2.75) is 26.7 Å². The van der Waals surface area contributed by atoms with Crippen LogP contribution in [-0.2, 0) is 0 Å². The second-order valence-electron chi connectivity index (χ2n) is 5.15. The van der Waals surface area contributed by atoms with Crippen molar-refractivity contribution >= 4 is 12.2 Å². The van der Waals surface area contributed by atoms with E-state index in [9.17, 15) is 0 Å². The SMILES string of the molecule is COc1ccc(-c2[nH]c(C(C)C)nc(=S)c2C)cc1OC. The van der Waals surface area contributed by atoms with Gasteiger partial charge in [0, 0.05) is 17.0 Å². The maximum Gasteiger partial charge on any atom is 0.161 e. The van der Waals surface area contributed by atoms with Crippen LogP contribution in [0.4, 0.5) is 0 Å². The van der Waals surface area contributed by atoms with Gasteiger partial charge in [-0.1, -0.05) is 26.1 Å². The first-order valence-electron chi connectivity index (χ1n) is 6.81. The Labute approximate surface area is 130 Å². The molecular weight excluding hydrogens is 284 g/mol. The molecule has 5 heteroatoms. The third-order valence-electron chi connectivity index (χ3n) is 3.39. The maximum absolute atomic E-state index is 5.37. The lowest BCUT2D eigenvalue weighted by Gasteiger charge is -2.14. The number of methoxy groups -OCH3 is 2. The number of nitrogens with one attached hydrogen (secondary N) is 1. The summed E-state index contributed by atoms with van der Waals surface area (Å²) < 4.78 is 11.3. The van der Waals surface area contributed by atoms with Crippen LogP contribution in [0.15, 0.2) is 18.2 Å². The van der Waals surface area contributed by atoms with Crippen molar-refractivity contribution in [2.75, 3.05) is 14.2 Å². The van der Waals surface area contributed by atoms with Crippen LogP contribution in [-0.4, -0.2) is 24.2 Å². The second-order valence-corrected chi connectivity index (χ2v) is 5.54. The predicted octanol–water partition coefficient (Wildman–Crippen LogP) is 4.26. The van der Waals surface area contributed by atoms with Crippen LogP contribution in [0.1, 0.15) is 31.2 Å². The van der Waals surface area contributed by atoms with Gasteiger partial charge in [0.05, 0.1) is 19.9 Å². The summed E-state index contributed by atoms with van der Waals surface area (Å²) in [5.41, 5.74) is 2.93. The molecule has 0 saturated carbocycles. The van der Waals surface area contributed by atoms with E-state index in [0.29, 0.717) is 16.1 Å². The van der Waals surface area contributed by atoms with E-state index in [1.807, 2.05) is 25.1 Å². The molecule has 0 aliphatic carbocycles. The fourth-order valence-electron chi connectivity index (χ4n) is 2.10. The zero-order valence-electron chi connectivity index (χ0n) is 13.0. The van der Waals surface area contributed by atoms with Crippen molar-refractivity contribution in [2.24, 2.45) is 0 Å². The Morgan fingerprint density at radius 3 is 2.38 bits per heavy atom. The van der Waals surface area contributed by atoms with E-state index in [1.54, 1.807) is 14.2 Å². The number of aromatic nitrogens is 2. The lowest BCUT2D eigenvalue weighted by molar-refractivity contribution is 0.355. The van der Waals surface area contributed by atoms with Gasteiger partial charge in [-0.3, -0.25) is 0 Å². The van der Waals surface area contributed by atoms with E-state index >= 15 is 0 Å². The highest BCUT2D eigenvalue weighted by molar-refractivity contribution is 7.71. The van der Waals surface area contributed by atoms with E-state index in [1.165, 1.54) is 0 Å². The minimum Gasteiger partial charge on any atom is -0.493 e. The first-order chi connectivity index (χ1) is 9.97. The van der Waals surface area contributed by atoms with Crippen LogP contribution in [0.2, 0.25) is 0 Å². The molecule has 1 N–H and O–H groups in total. The van der Waals surface area contributed by atoms with Crippen molar-refractivity contribution in [3.8, 4) is 22.8 Å². The summed E-state index contributed by atoms with van der Waals surface area (Å²) in [7, 11) is 3.25. The van der Waals surface area contributed by atoms with Crippen LogP contribution in [0.25, 0.3) is 11.3 Å². The molecule has 1 aromatic carbocycles. The Kier molecular flexibility index (Phi) is 4.63. The first-order valence-corrected chi connectivity index (χ1v) is 7.22. The maximum atomic E-state index is 5.37. The van der Waals surface area contributed by atoms with Gasteiger partial charge in [0.15, 0.2) is 11.5 Å². The molecular formula is C16H20N2O2S. The zero-order chi connectivity index (χ0) is 15.6. The second kappa shape index (κ2) is 6.26. The van der Waals surface area contributed by atoms with E-state index in [0.717, 1.165) is 22.6 Å². The van der Waals surface area contributed by atoms with Crippen LogP contribution < -0.4 is 9.47 Å². The van der Waals surface area contributed by atoms with Crippen molar-refractivity contribution in [1.29, 1.82) is 0 Å². The number of hydrogen-bond acceptors (Lipinski definition) is 4. The Hall–Kier alpha value is -1.88. The number of nitrogens with zero attached hydrogens (tertiary/aromatic N) is 1. The Bertz CT molecular complexity index is 708. The monoisotopic (exact) mass is 304 g/mol. The molecule has 0 unspecified atom stereocenters. The van der Waals surface area contributed by atoms with E-state index in [-0.39, 0.29) is 5.92 Å². The number of ether oxygens (including phenoxy) is 2. The summed E-state index contributed by atoms with van der Waals surface area (Å²) >= 11 is 5.37. The minimum atomic E-state index is 0.284. The van der Waals surface area contributed by atoms with Crippen molar-refractivity contribution in [1.82, 2.24) is 9.97 Å². The molecule has 2 rings (SSSR count). The smallest absolute Gasteiger partial charge is 0.161 e. The van der Waals surface area contributed by atoms with Crippen LogP contribution in [0, 0.1) is 11.6 Å². The molecule has 0 aliphatic heterocycles. The highest BCUT2D eigenvalue weighted by Gasteiger charge is 2.12.